The molecule has 0 spiro atoms. The third-order valence-electron chi connectivity index (χ3n) is 3.91. The molecule has 21 heavy (non-hydrogen) atoms. The van der Waals surface area contributed by atoms with Crippen LogP contribution in [0, 0.1) is 12.8 Å². The number of ether oxygens (including phenoxy) is 1. The fourth-order valence-electron chi connectivity index (χ4n) is 2.75. The fraction of sp³-hybridized carbons (Fsp3) is 0.588. The van der Waals surface area contributed by atoms with Gasteiger partial charge in [-0.15, -0.1) is 0 Å². The van der Waals surface area contributed by atoms with Gasteiger partial charge < -0.3 is 15.4 Å². The molecule has 4 heteroatoms. The van der Waals surface area contributed by atoms with Gasteiger partial charge in [0.05, 0.1) is 13.2 Å². The van der Waals surface area contributed by atoms with Crippen LogP contribution in [0.15, 0.2) is 23.2 Å². The fourth-order valence-corrected chi connectivity index (χ4v) is 2.75. The van der Waals surface area contributed by atoms with Crippen molar-refractivity contribution < 1.29 is 4.74 Å². The molecule has 4 nitrogen and oxygen atoms in total. The van der Waals surface area contributed by atoms with Gasteiger partial charge in [0, 0.05) is 18.7 Å². The van der Waals surface area contributed by atoms with Crippen molar-refractivity contribution in [1.82, 2.24) is 4.90 Å². The van der Waals surface area contributed by atoms with E-state index in [4.69, 9.17) is 10.5 Å². The molecule has 2 N–H and O–H groups in total. The van der Waals surface area contributed by atoms with Crippen molar-refractivity contribution in [2.75, 3.05) is 19.7 Å². The minimum Gasteiger partial charge on any atom is -0.494 e. The van der Waals surface area contributed by atoms with Crippen LogP contribution in [0.2, 0.25) is 0 Å². The van der Waals surface area contributed by atoms with E-state index < -0.39 is 0 Å². The van der Waals surface area contributed by atoms with Crippen LogP contribution in [-0.4, -0.2) is 30.6 Å². The van der Waals surface area contributed by atoms with Crippen LogP contribution in [-0.2, 0) is 6.54 Å². The summed E-state index contributed by atoms with van der Waals surface area (Å²) in [6, 6.07) is 6.23. The van der Waals surface area contributed by atoms with Crippen molar-refractivity contribution in [3.8, 4) is 5.75 Å². The number of aliphatic imine (C=N–C) groups is 1. The Hall–Kier alpha value is -1.71. The Kier molecular flexibility index (Phi) is 5.48. The average Bonchev–Trinajstić information content (AvgIpc) is 2.46. The van der Waals surface area contributed by atoms with E-state index in [-0.39, 0.29) is 0 Å². The number of nitrogens with zero attached hydrogens (tertiary/aromatic N) is 2. The summed E-state index contributed by atoms with van der Waals surface area (Å²) >= 11 is 0. The molecule has 2 rings (SSSR count). The number of hydrogen-bond donors (Lipinski definition) is 1. The van der Waals surface area contributed by atoms with E-state index in [2.05, 4.69) is 41.9 Å². The van der Waals surface area contributed by atoms with Gasteiger partial charge in [0.1, 0.15) is 5.75 Å². The lowest BCUT2D eigenvalue weighted by Crippen LogP contribution is -2.43. The predicted octanol–water partition coefficient (Wildman–Crippen LogP) is 2.94. The second kappa shape index (κ2) is 7.34. The minimum atomic E-state index is 0.576. The summed E-state index contributed by atoms with van der Waals surface area (Å²) in [5.74, 6) is 2.27. The molecule has 0 aromatic heterocycles. The largest absolute Gasteiger partial charge is 0.494 e. The van der Waals surface area contributed by atoms with Gasteiger partial charge in [0.25, 0.3) is 0 Å². The molecule has 0 saturated carbocycles. The van der Waals surface area contributed by atoms with E-state index in [0.29, 0.717) is 25.0 Å². The van der Waals surface area contributed by atoms with Crippen molar-refractivity contribution in [3.63, 3.8) is 0 Å². The maximum absolute atomic E-state index is 6.15. The molecule has 0 aliphatic carbocycles. The number of rotatable bonds is 4. The molecule has 0 amide bonds. The van der Waals surface area contributed by atoms with Gasteiger partial charge >= 0.3 is 0 Å². The molecule has 0 bridgehead atoms. The maximum atomic E-state index is 6.15. The Labute approximate surface area is 128 Å². The lowest BCUT2D eigenvalue weighted by atomic mass is 10.0. The van der Waals surface area contributed by atoms with E-state index in [1.54, 1.807) is 0 Å². The summed E-state index contributed by atoms with van der Waals surface area (Å²) in [6.07, 6.45) is 2.49. The zero-order valence-corrected chi connectivity index (χ0v) is 13.4. The molecule has 1 aromatic carbocycles. The summed E-state index contributed by atoms with van der Waals surface area (Å²) < 4.78 is 5.69. The predicted molar refractivity (Wildman–Crippen MR) is 87.6 cm³/mol. The number of piperidine rings is 1. The molecule has 1 aromatic rings. The van der Waals surface area contributed by atoms with Crippen molar-refractivity contribution in [3.05, 3.63) is 29.3 Å². The molecule has 1 atom stereocenters. The first-order valence-electron chi connectivity index (χ1n) is 7.87. The summed E-state index contributed by atoms with van der Waals surface area (Å²) in [5.41, 5.74) is 8.44. The van der Waals surface area contributed by atoms with E-state index in [0.717, 1.165) is 24.4 Å². The summed E-state index contributed by atoms with van der Waals surface area (Å²) in [7, 11) is 0. The Morgan fingerprint density at radius 3 is 3.00 bits per heavy atom. The van der Waals surface area contributed by atoms with Crippen LogP contribution in [0.3, 0.4) is 0 Å². The highest BCUT2D eigenvalue weighted by molar-refractivity contribution is 5.78. The summed E-state index contributed by atoms with van der Waals surface area (Å²) in [5, 5.41) is 0. The Balaban J connectivity index is 2.05. The number of nitrogens with two attached hydrogens (primary N) is 1. The van der Waals surface area contributed by atoms with Crippen molar-refractivity contribution in [2.45, 2.75) is 40.2 Å². The van der Waals surface area contributed by atoms with E-state index >= 15 is 0 Å². The van der Waals surface area contributed by atoms with Crippen LogP contribution in [0.4, 0.5) is 0 Å². The van der Waals surface area contributed by atoms with Crippen molar-refractivity contribution >= 4 is 5.96 Å². The zero-order chi connectivity index (χ0) is 15.2. The van der Waals surface area contributed by atoms with Gasteiger partial charge in [-0.25, -0.2) is 4.99 Å². The topological polar surface area (TPSA) is 50.9 Å². The first-order chi connectivity index (χ1) is 10.1. The van der Waals surface area contributed by atoms with Gasteiger partial charge in [0.2, 0.25) is 0 Å². The highest BCUT2D eigenvalue weighted by atomic mass is 16.5. The maximum Gasteiger partial charge on any atom is 0.191 e. The standard InChI is InChI=1S/C17H27N3O/c1-4-21-16-10-13(2)7-8-15(16)11-19-17(18)20-9-5-6-14(3)12-20/h7-8,10,14H,4-6,9,11-12H2,1-3H3,(H2,18,19). The number of benzene rings is 1. The quantitative estimate of drug-likeness (QED) is 0.685. The minimum absolute atomic E-state index is 0.576. The number of guanidine groups is 1. The number of likely N-dealkylation sites (tertiary alicyclic amines) is 1. The Bertz CT molecular complexity index is 499. The molecular weight excluding hydrogens is 262 g/mol. The summed E-state index contributed by atoms with van der Waals surface area (Å²) in [4.78, 5) is 6.76. The second-order valence-corrected chi connectivity index (χ2v) is 5.91. The molecule has 116 valence electrons. The molecule has 1 unspecified atom stereocenters. The normalized spacial score (nSPS) is 19.7. The van der Waals surface area contributed by atoms with Gasteiger partial charge in [0.15, 0.2) is 5.96 Å². The lowest BCUT2D eigenvalue weighted by molar-refractivity contribution is 0.270. The SMILES string of the molecule is CCOc1cc(C)ccc1CN=C(N)N1CCCC(C)C1. The van der Waals surface area contributed by atoms with Crippen LogP contribution in [0.1, 0.15) is 37.8 Å². The molecule has 1 fully saturated rings. The van der Waals surface area contributed by atoms with Crippen LogP contribution in [0.5, 0.6) is 5.75 Å². The highest BCUT2D eigenvalue weighted by Gasteiger charge is 2.17. The summed E-state index contributed by atoms with van der Waals surface area (Å²) in [6.45, 7) is 9.61. The van der Waals surface area contributed by atoms with Crippen LogP contribution < -0.4 is 10.5 Å². The lowest BCUT2D eigenvalue weighted by Gasteiger charge is -2.31. The van der Waals surface area contributed by atoms with Crippen molar-refractivity contribution in [1.29, 1.82) is 0 Å². The van der Waals surface area contributed by atoms with E-state index in [1.165, 1.54) is 18.4 Å². The zero-order valence-electron chi connectivity index (χ0n) is 13.4. The van der Waals surface area contributed by atoms with Crippen molar-refractivity contribution in [2.24, 2.45) is 16.6 Å². The Morgan fingerprint density at radius 1 is 1.48 bits per heavy atom. The number of hydrogen-bond acceptors (Lipinski definition) is 2. The molecule has 1 saturated heterocycles. The Morgan fingerprint density at radius 2 is 2.29 bits per heavy atom. The molecule has 1 aliphatic heterocycles. The third kappa shape index (κ3) is 4.38. The van der Waals surface area contributed by atoms with Gasteiger partial charge in [-0.05, 0) is 44.2 Å². The molecule has 1 heterocycles. The van der Waals surface area contributed by atoms with Gasteiger partial charge in [-0.3, -0.25) is 0 Å². The van der Waals surface area contributed by atoms with E-state index in [1.807, 2.05) is 6.92 Å². The monoisotopic (exact) mass is 289 g/mol. The second-order valence-electron chi connectivity index (χ2n) is 5.91. The smallest absolute Gasteiger partial charge is 0.191 e. The molecule has 1 aliphatic rings. The average molecular weight is 289 g/mol. The first-order valence-corrected chi connectivity index (χ1v) is 7.87. The highest BCUT2D eigenvalue weighted by Crippen LogP contribution is 2.21. The number of aryl methyl sites for hydroxylation is 1. The van der Waals surface area contributed by atoms with Crippen LogP contribution in [0.25, 0.3) is 0 Å². The molecular formula is C17H27N3O. The van der Waals surface area contributed by atoms with E-state index in [9.17, 15) is 0 Å². The van der Waals surface area contributed by atoms with Crippen LogP contribution >= 0.6 is 0 Å². The van der Waals surface area contributed by atoms with Gasteiger partial charge in [-0.1, -0.05) is 19.1 Å². The third-order valence-corrected chi connectivity index (χ3v) is 3.91. The molecule has 0 radical (unpaired) electrons. The first kappa shape index (κ1) is 15.7. The van der Waals surface area contributed by atoms with Gasteiger partial charge in [-0.2, -0.15) is 0 Å².